The Morgan fingerprint density at radius 3 is 1.85 bits per heavy atom. The minimum absolute atomic E-state index is 0.00964. The van der Waals surface area contributed by atoms with Gasteiger partial charge in [-0.2, -0.15) is 0 Å². The molecule has 0 aliphatic heterocycles. The zero-order chi connectivity index (χ0) is 34.6. The smallest absolute Gasteiger partial charge is 0.236 e. The second kappa shape index (κ2) is 21.6. The molecule has 8 N–H and O–H groups in total. The van der Waals surface area contributed by atoms with Gasteiger partial charge in [0.25, 0.3) is 0 Å². The summed E-state index contributed by atoms with van der Waals surface area (Å²) in [6, 6.07) is 14.9. The fourth-order valence-corrected chi connectivity index (χ4v) is 5.07. The number of nitrogens with one attached hydrogen (secondary N) is 2. The number of aldehydes is 1. The number of unbranched alkanes of at least 4 members (excludes halogenated alkanes) is 1. The molecule has 0 saturated carbocycles. The van der Waals surface area contributed by atoms with Crippen LogP contribution in [0.4, 0.5) is 0 Å². The Morgan fingerprint density at radius 1 is 0.804 bits per heavy atom. The third-order valence-electron chi connectivity index (χ3n) is 7.49. The number of amides is 2. The van der Waals surface area contributed by atoms with Crippen molar-refractivity contribution in [3.05, 3.63) is 70.8 Å². The molecule has 2 amide bonds. The summed E-state index contributed by atoms with van der Waals surface area (Å²) in [4.78, 5) is 34.6. The highest BCUT2D eigenvalue weighted by atomic mass is 16.5. The van der Waals surface area contributed by atoms with E-state index >= 15 is 0 Å². The first-order valence-corrected chi connectivity index (χ1v) is 16.6. The number of hydrogen-bond donors (Lipinski definition) is 5. The molecule has 2 rings (SSSR count). The first kappa shape index (κ1) is 40.9. The monoisotopic (exact) mass is 639 g/mol. The maximum atomic E-state index is 12.4. The van der Waals surface area contributed by atoms with E-state index in [-0.39, 0.29) is 22.6 Å². The van der Waals surface area contributed by atoms with Crippen molar-refractivity contribution < 1.29 is 19.1 Å². The van der Waals surface area contributed by atoms with Crippen molar-refractivity contribution in [1.29, 1.82) is 0 Å². The molecule has 2 aromatic carbocycles. The standard InChI is InChI=1S/C28H50N4O3.C9H11NO/c1-21(2)16-27(3,4)19-35-20-28(5,6)18-32-26(34)24(30)9-7-8-14-31-25(33)15-22-10-12-23(17-29)13-11-22;10-7-9-3-1-8(2-4-9)5-6-11/h10-13,21,24H,7-9,14-20,29-30H2,1-6H3,(H,31,33)(H,32,34);1-4,6H,5,7,10H2. The topological polar surface area (TPSA) is 163 Å². The van der Waals surface area contributed by atoms with Gasteiger partial charge in [-0.15, -0.1) is 0 Å². The van der Waals surface area contributed by atoms with Gasteiger partial charge in [-0.1, -0.05) is 90.1 Å². The third-order valence-corrected chi connectivity index (χ3v) is 7.49. The first-order valence-electron chi connectivity index (χ1n) is 16.6. The summed E-state index contributed by atoms with van der Waals surface area (Å²) in [6.45, 7) is 16.5. The van der Waals surface area contributed by atoms with Crippen LogP contribution < -0.4 is 27.8 Å². The van der Waals surface area contributed by atoms with E-state index in [9.17, 15) is 14.4 Å². The molecule has 0 heterocycles. The Morgan fingerprint density at radius 2 is 1.33 bits per heavy atom. The molecule has 0 radical (unpaired) electrons. The molecule has 2 aromatic rings. The summed E-state index contributed by atoms with van der Waals surface area (Å²) in [7, 11) is 0. The van der Waals surface area contributed by atoms with Crippen LogP contribution in [0.5, 0.6) is 0 Å². The number of nitrogens with two attached hydrogens (primary N) is 3. The van der Waals surface area contributed by atoms with Gasteiger partial charge in [0.05, 0.1) is 25.7 Å². The van der Waals surface area contributed by atoms with E-state index in [0.717, 1.165) is 47.8 Å². The van der Waals surface area contributed by atoms with Crippen LogP contribution in [0.3, 0.4) is 0 Å². The van der Waals surface area contributed by atoms with Gasteiger partial charge >= 0.3 is 0 Å². The lowest BCUT2D eigenvalue weighted by atomic mass is 9.85. The van der Waals surface area contributed by atoms with E-state index < -0.39 is 6.04 Å². The van der Waals surface area contributed by atoms with E-state index in [1.54, 1.807) is 0 Å². The van der Waals surface area contributed by atoms with Crippen LogP contribution in [0, 0.1) is 16.7 Å². The Labute approximate surface area is 277 Å². The summed E-state index contributed by atoms with van der Waals surface area (Å²) in [5, 5.41) is 5.90. The molecule has 46 heavy (non-hydrogen) atoms. The van der Waals surface area contributed by atoms with Crippen LogP contribution in [0.15, 0.2) is 48.5 Å². The first-order chi connectivity index (χ1) is 21.7. The van der Waals surface area contributed by atoms with E-state index in [4.69, 9.17) is 21.9 Å². The number of ether oxygens (including phenoxy) is 1. The van der Waals surface area contributed by atoms with Crippen LogP contribution in [0.2, 0.25) is 0 Å². The molecule has 1 atom stereocenters. The Balaban J connectivity index is 0.000000804. The number of benzene rings is 2. The highest BCUT2D eigenvalue weighted by Gasteiger charge is 2.24. The van der Waals surface area contributed by atoms with Gasteiger partial charge in [0.15, 0.2) is 0 Å². The van der Waals surface area contributed by atoms with Crippen molar-refractivity contribution in [2.75, 3.05) is 26.3 Å². The van der Waals surface area contributed by atoms with Gasteiger partial charge in [-0.25, -0.2) is 0 Å². The molecule has 0 aliphatic rings. The molecule has 9 nitrogen and oxygen atoms in total. The Kier molecular flexibility index (Phi) is 19.2. The number of hydrogen-bond acceptors (Lipinski definition) is 7. The van der Waals surface area contributed by atoms with Gasteiger partial charge < -0.3 is 37.4 Å². The minimum Gasteiger partial charge on any atom is -0.380 e. The molecule has 0 aliphatic carbocycles. The van der Waals surface area contributed by atoms with Crippen LogP contribution >= 0.6 is 0 Å². The highest BCUT2D eigenvalue weighted by Crippen LogP contribution is 2.26. The number of rotatable bonds is 20. The summed E-state index contributed by atoms with van der Waals surface area (Å²) in [5.41, 5.74) is 21.2. The molecule has 0 bridgehead atoms. The van der Waals surface area contributed by atoms with Crippen LogP contribution in [-0.4, -0.2) is 50.4 Å². The van der Waals surface area contributed by atoms with Crippen LogP contribution in [0.1, 0.15) is 89.5 Å². The maximum Gasteiger partial charge on any atom is 0.236 e. The highest BCUT2D eigenvalue weighted by molar-refractivity contribution is 5.81. The van der Waals surface area contributed by atoms with Gasteiger partial charge in [0, 0.05) is 38.0 Å². The predicted molar refractivity (Wildman–Crippen MR) is 188 cm³/mol. The molecule has 258 valence electrons. The van der Waals surface area contributed by atoms with Crippen molar-refractivity contribution in [3.63, 3.8) is 0 Å². The molecule has 0 spiro atoms. The van der Waals surface area contributed by atoms with E-state index in [0.29, 0.717) is 64.6 Å². The SMILES string of the molecule is CC(C)CC(C)(C)COCC(C)(C)CNC(=O)C(N)CCCCNC(=O)Cc1ccc(CN)cc1.NCc1ccc(CC=O)cc1. The van der Waals surface area contributed by atoms with E-state index in [1.165, 1.54) is 0 Å². The molecule has 0 saturated heterocycles. The third kappa shape index (κ3) is 18.8. The van der Waals surface area contributed by atoms with Gasteiger partial charge in [-0.05, 0) is 59.3 Å². The zero-order valence-electron chi connectivity index (χ0n) is 29.2. The summed E-state index contributed by atoms with van der Waals surface area (Å²) in [5.74, 6) is 0.492. The second-order valence-electron chi connectivity index (χ2n) is 14.2. The normalized spacial score (nSPS) is 12.2. The largest absolute Gasteiger partial charge is 0.380 e. The Bertz CT molecular complexity index is 1150. The summed E-state index contributed by atoms with van der Waals surface area (Å²) >= 11 is 0. The van der Waals surface area contributed by atoms with Gasteiger partial charge in [0.1, 0.15) is 6.29 Å². The Hall–Kier alpha value is -3.11. The average molecular weight is 640 g/mol. The van der Waals surface area contributed by atoms with Gasteiger partial charge in [-0.3, -0.25) is 9.59 Å². The molecular formula is C37H61N5O4. The molecule has 0 fully saturated rings. The minimum atomic E-state index is -0.548. The summed E-state index contributed by atoms with van der Waals surface area (Å²) < 4.78 is 5.99. The van der Waals surface area contributed by atoms with Crippen LogP contribution in [0.25, 0.3) is 0 Å². The van der Waals surface area contributed by atoms with E-state index in [1.807, 2.05) is 48.5 Å². The van der Waals surface area contributed by atoms with Crippen molar-refractivity contribution in [2.24, 2.45) is 33.9 Å². The molecule has 9 heteroatoms. The van der Waals surface area contributed by atoms with Crippen LogP contribution in [-0.2, 0) is 45.1 Å². The molecular weight excluding hydrogens is 578 g/mol. The van der Waals surface area contributed by atoms with E-state index in [2.05, 4.69) is 52.2 Å². The van der Waals surface area contributed by atoms with Crippen molar-refractivity contribution in [2.45, 2.75) is 99.2 Å². The second-order valence-corrected chi connectivity index (χ2v) is 14.2. The quantitative estimate of drug-likeness (QED) is 0.106. The number of carbonyl (C=O) groups excluding carboxylic acids is 3. The lowest BCUT2D eigenvalue weighted by molar-refractivity contribution is -0.123. The predicted octanol–water partition coefficient (Wildman–Crippen LogP) is 4.42. The van der Waals surface area contributed by atoms with Crippen molar-refractivity contribution >= 4 is 18.1 Å². The number of carbonyl (C=O) groups is 3. The lowest BCUT2D eigenvalue weighted by Crippen LogP contribution is -2.45. The fraction of sp³-hybridized carbons (Fsp3) is 0.595. The maximum absolute atomic E-state index is 12.4. The summed E-state index contributed by atoms with van der Waals surface area (Å²) in [6.07, 6.45) is 5.00. The van der Waals surface area contributed by atoms with Crippen molar-refractivity contribution in [3.8, 4) is 0 Å². The van der Waals surface area contributed by atoms with Crippen molar-refractivity contribution in [1.82, 2.24) is 10.6 Å². The molecule has 0 aromatic heterocycles. The van der Waals surface area contributed by atoms with Gasteiger partial charge in [0.2, 0.25) is 11.8 Å². The average Bonchev–Trinajstić information content (AvgIpc) is 3.00. The fourth-order valence-electron chi connectivity index (χ4n) is 5.07. The lowest BCUT2D eigenvalue weighted by Gasteiger charge is -2.30. The molecule has 1 unspecified atom stereocenters. The zero-order valence-corrected chi connectivity index (χ0v) is 29.2.